The van der Waals surface area contributed by atoms with Crippen LogP contribution in [0.3, 0.4) is 0 Å². The fourth-order valence-corrected chi connectivity index (χ4v) is 5.14. The van der Waals surface area contributed by atoms with Crippen molar-refractivity contribution >= 4 is 27.0 Å². The van der Waals surface area contributed by atoms with Crippen LogP contribution in [-0.4, -0.2) is 34.4 Å². The lowest BCUT2D eigenvalue weighted by atomic mass is 10.1. The van der Waals surface area contributed by atoms with Crippen molar-refractivity contribution in [2.24, 2.45) is 5.73 Å². The monoisotopic (exact) mass is 517 g/mol. The van der Waals surface area contributed by atoms with Crippen LogP contribution >= 0.6 is 0 Å². The number of para-hydroxylation sites is 1. The van der Waals surface area contributed by atoms with Gasteiger partial charge in [-0.05, 0) is 51.1 Å². The molecular weight excluding hydrogens is 495 g/mol. The van der Waals surface area contributed by atoms with Gasteiger partial charge in [-0.3, -0.25) is 14.3 Å². The zero-order valence-corrected chi connectivity index (χ0v) is 20.3. The fraction of sp³-hybridized carbons (Fsp3) is 0.208. The van der Waals surface area contributed by atoms with E-state index in [0.29, 0.717) is 11.9 Å². The topological polar surface area (TPSA) is 120 Å². The molecule has 0 aliphatic heterocycles. The van der Waals surface area contributed by atoms with Crippen molar-refractivity contribution in [3.8, 4) is 17.1 Å². The Balaban J connectivity index is 2.01. The number of alkyl halides is 3. The Bertz CT molecular complexity index is 1560. The van der Waals surface area contributed by atoms with Gasteiger partial charge >= 0.3 is 6.18 Å². The highest BCUT2D eigenvalue weighted by Crippen LogP contribution is 2.38. The molecule has 0 atom stereocenters. The van der Waals surface area contributed by atoms with E-state index in [2.05, 4.69) is 14.7 Å². The van der Waals surface area contributed by atoms with Crippen LogP contribution in [0.5, 0.6) is 0 Å². The van der Waals surface area contributed by atoms with Crippen LogP contribution in [0.15, 0.2) is 65.8 Å². The first-order chi connectivity index (χ1) is 16.7. The number of amides is 1. The number of benzene rings is 1. The molecule has 0 radical (unpaired) electrons. The number of nitrogens with one attached hydrogen (secondary N) is 1. The van der Waals surface area contributed by atoms with Crippen molar-refractivity contribution in [1.29, 1.82) is 0 Å². The summed E-state index contributed by atoms with van der Waals surface area (Å²) in [7, 11) is -3.90. The molecule has 8 nitrogen and oxygen atoms in total. The van der Waals surface area contributed by atoms with Crippen LogP contribution in [0.1, 0.15) is 36.7 Å². The van der Waals surface area contributed by atoms with Crippen molar-refractivity contribution in [3.05, 3.63) is 72.1 Å². The number of hydrogen-bond acceptors (Lipinski definition) is 5. The number of fused-ring (bicyclic) bond motifs is 1. The molecule has 3 N–H and O–H groups in total. The molecule has 0 saturated heterocycles. The Hall–Kier alpha value is -3.77. The lowest BCUT2D eigenvalue weighted by Gasteiger charge is -2.20. The van der Waals surface area contributed by atoms with Gasteiger partial charge in [0.25, 0.3) is 5.91 Å². The molecular formula is C24H22F3N5O3S. The molecule has 12 heteroatoms. The van der Waals surface area contributed by atoms with Crippen molar-refractivity contribution in [3.63, 3.8) is 0 Å². The third-order valence-electron chi connectivity index (χ3n) is 5.13. The maximum Gasteiger partial charge on any atom is 0.417 e. The van der Waals surface area contributed by atoms with Crippen molar-refractivity contribution in [2.45, 2.75) is 37.4 Å². The SMILES string of the molecule is CC(C)(C)NS(=O)(=O)c1ccc(-c2c(C(N)=O)c3cc(C(F)(F)F)cnc3n2-c2ccccc2)nc1. The molecule has 3 heterocycles. The maximum absolute atomic E-state index is 13.4. The molecule has 0 fully saturated rings. The number of sulfonamides is 1. The number of rotatable bonds is 5. The van der Waals surface area contributed by atoms with Crippen LogP contribution in [-0.2, 0) is 16.2 Å². The van der Waals surface area contributed by atoms with Gasteiger partial charge in [-0.1, -0.05) is 18.2 Å². The van der Waals surface area contributed by atoms with Crippen LogP contribution in [0.25, 0.3) is 28.1 Å². The van der Waals surface area contributed by atoms with Crippen LogP contribution < -0.4 is 10.5 Å². The summed E-state index contributed by atoms with van der Waals surface area (Å²) in [4.78, 5) is 20.7. The van der Waals surface area contributed by atoms with E-state index >= 15 is 0 Å². The molecule has 1 amide bonds. The average Bonchev–Trinajstić information content (AvgIpc) is 3.12. The van der Waals surface area contributed by atoms with Crippen molar-refractivity contribution < 1.29 is 26.4 Å². The predicted octanol–water partition coefficient (Wildman–Crippen LogP) is 4.28. The largest absolute Gasteiger partial charge is 0.417 e. The van der Waals surface area contributed by atoms with Crippen LogP contribution in [0, 0.1) is 0 Å². The van der Waals surface area contributed by atoms with E-state index in [-0.39, 0.29) is 32.9 Å². The van der Waals surface area contributed by atoms with Gasteiger partial charge in [-0.15, -0.1) is 0 Å². The average molecular weight is 518 g/mol. The van der Waals surface area contributed by atoms with Crippen molar-refractivity contribution in [2.75, 3.05) is 0 Å². The zero-order valence-electron chi connectivity index (χ0n) is 19.5. The molecule has 4 aromatic rings. The predicted molar refractivity (Wildman–Crippen MR) is 128 cm³/mol. The first kappa shape index (κ1) is 25.3. The summed E-state index contributed by atoms with van der Waals surface area (Å²) in [6.45, 7) is 5.06. The highest BCUT2D eigenvalue weighted by molar-refractivity contribution is 7.89. The Morgan fingerprint density at radius 3 is 2.19 bits per heavy atom. The Labute approximate surface area is 205 Å². The number of primary amides is 1. The Morgan fingerprint density at radius 1 is 1.00 bits per heavy atom. The van der Waals surface area contributed by atoms with Gasteiger partial charge in [0.15, 0.2) is 0 Å². The van der Waals surface area contributed by atoms with E-state index in [1.54, 1.807) is 51.1 Å². The molecule has 1 aromatic carbocycles. The second kappa shape index (κ2) is 8.71. The molecule has 0 unspecified atom stereocenters. The molecule has 3 aromatic heterocycles. The lowest BCUT2D eigenvalue weighted by molar-refractivity contribution is -0.137. The standard InChI is InChI=1S/C24H22F3N5O3S/c1-23(2,3)31-36(34,35)16-9-10-18(29-13-16)20-19(21(28)33)17-11-14(24(25,26)27)12-30-22(17)32(20)15-7-5-4-6-8-15/h4-13,31H,1-3H3,(H2,28,33). The second-order valence-electron chi connectivity index (χ2n) is 9.09. The van der Waals surface area contributed by atoms with Gasteiger partial charge < -0.3 is 5.73 Å². The van der Waals surface area contributed by atoms with Crippen molar-refractivity contribution in [1.82, 2.24) is 19.3 Å². The minimum absolute atomic E-state index is 0.0610. The molecule has 0 bridgehead atoms. The number of aromatic nitrogens is 3. The Morgan fingerprint density at radius 2 is 1.67 bits per heavy atom. The van der Waals surface area contributed by atoms with Gasteiger partial charge in [0, 0.05) is 29.0 Å². The second-order valence-corrected chi connectivity index (χ2v) is 10.8. The minimum Gasteiger partial charge on any atom is -0.366 e. The van der Waals surface area contributed by atoms with Gasteiger partial charge in [-0.2, -0.15) is 13.2 Å². The highest BCUT2D eigenvalue weighted by Gasteiger charge is 2.34. The summed E-state index contributed by atoms with van der Waals surface area (Å²) >= 11 is 0. The van der Waals surface area contributed by atoms with Gasteiger partial charge in [0.1, 0.15) is 10.5 Å². The van der Waals surface area contributed by atoms with E-state index in [4.69, 9.17) is 5.73 Å². The summed E-state index contributed by atoms with van der Waals surface area (Å²) in [5.41, 5.74) is 4.40. The summed E-state index contributed by atoms with van der Waals surface area (Å²) < 4.78 is 69.7. The quantitative estimate of drug-likeness (QED) is 0.409. The zero-order chi connectivity index (χ0) is 26.5. The first-order valence-electron chi connectivity index (χ1n) is 10.7. The highest BCUT2D eigenvalue weighted by atomic mass is 32.2. The number of pyridine rings is 2. The molecule has 4 rings (SSSR count). The lowest BCUT2D eigenvalue weighted by Crippen LogP contribution is -2.40. The summed E-state index contributed by atoms with van der Waals surface area (Å²) in [5.74, 6) is -0.987. The van der Waals surface area contributed by atoms with E-state index in [1.165, 1.54) is 16.7 Å². The smallest absolute Gasteiger partial charge is 0.366 e. The fourth-order valence-electron chi connectivity index (χ4n) is 3.78. The number of hydrogen-bond donors (Lipinski definition) is 2. The van der Waals surface area contributed by atoms with E-state index in [1.807, 2.05) is 0 Å². The van der Waals surface area contributed by atoms with Crippen LogP contribution in [0.4, 0.5) is 13.2 Å². The van der Waals surface area contributed by atoms with Gasteiger partial charge in [0.05, 0.1) is 22.5 Å². The number of carbonyl (C=O) groups excluding carboxylic acids is 1. The third-order valence-corrected chi connectivity index (χ3v) is 6.87. The summed E-state index contributed by atoms with van der Waals surface area (Å²) in [6.07, 6.45) is -2.91. The summed E-state index contributed by atoms with van der Waals surface area (Å²) in [5, 5.41) is -0.107. The molecule has 188 valence electrons. The van der Waals surface area contributed by atoms with Crippen LogP contribution in [0.2, 0.25) is 0 Å². The minimum atomic E-state index is -4.70. The third kappa shape index (κ3) is 4.82. The molecule has 36 heavy (non-hydrogen) atoms. The summed E-state index contributed by atoms with van der Waals surface area (Å²) in [6, 6.07) is 12.0. The molecule has 0 aliphatic rings. The van der Waals surface area contributed by atoms with Gasteiger partial charge in [-0.25, -0.2) is 18.1 Å². The maximum atomic E-state index is 13.4. The van der Waals surface area contributed by atoms with E-state index in [9.17, 15) is 26.4 Å². The van der Waals surface area contributed by atoms with E-state index < -0.39 is 33.2 Å². The number of nitrogens with two attached hydrogens (primary N) is 1. The molecule has 0 spiro atoms. The molecule has 0 aliphatic carbocycles. The number of nitrogens with zero attached hydrogens (tertiary/aromatic N) is 3. The first-order valence-corrected chi connectivity index (χ1v) is 12.1. The number of carbonyl (C=O) groups is 1. The van der Waals surface area contributed by atoms with E-state index in [0.717, 1.165) is 12.3 Å². The normalized spacial score (nSPS) is 12.7. The van der Waals surface area contributed by atoms with Gasteiger partial charge in [0.2, 0.25) is 10.0 Å². The number of halogens is 3. The molecule has 0 saturated carbocycles. The Kier molecular flexibility index (Phi) is 6.13.